The zero-order valence-electron chi connectivity index (χ0n) is 9.27. The van der Waals surface area contributed by atoms with Crippen molar-refractivity contribution in [3.63, 3.8) is 0 Å². The van der Waals surface area contributed by atoms with Gasteiger partial charge in [0.1, 0.15) is 6.54 Å². The van der Waals surface area contributed by atoms with Crippen molar-refractivity contribution in [1.82, 2.24) is 0 Å². The molecule has 0 saturated carbocycles. The molecular formula is C14H16N+. The molecule has 0 unspecified atom stereocenters. The lowest BCUT2D eigenvalue weighted by Crippen LogP contribution is -2.34. The van der Waals surface area contributed by atoms with Crippen molar-refractivity contribution in [3.05, 3.63) is 54.2 Å². The fourth-order valence-corrected chi connectivity index (χ4v) is 1.86. The molecule has 2 aromatic rings. The van der Waals surface area contributed by atoms with Crippen LogP contribution in [0.3, 0.4) is 0 Å². The van der Waals surface area contributed by atoms with E-state index in [-0.39, 0.29) is 0 Å². The topological polar surface area (TPSA) is 3.88 Å². The van der Waals surface area contributed by atoms with E-state index in [0.717, 1.165) is 6.54 Å². The van der Waals surface area contributed by atoms with E-state index in [1.54, 1.807) is 0 Å². The summed E-state index contributed by atoms with van der Waals surface area (Å²) in [7, 11) is 0. The fraction of sp³-hybridized carbons (Fsp3) is 0.214. The number of rotatable bonds is 2. The highest BCUT2D eigenvalue weighted by atomic mass is 14.9. The lowest BCUT2D eigenvalue weighted by Gasteiger charge is -2.04. The molecule has 0 fully saturated rings. The van der Waals surface area contributed by atoms with Crippen LogP contribution in [0.25, 0.3) is 11.3 Å². The van der Waals surface area contributed by atoms with E-state index in [0.29, 0.717) is 0 Å². The molecule has 0 bridgehead atoms. The van der Waals surface area contributed by atoms with Crippen LogP contribution in [-0.2, 0) is 6.54 Å². The Balaban J connectivity index is 2.59. The summed E-state index contributed by atoms with van der Waals surface area (Å²) in [5.74, 6) is 0. The first-order chi connectivity index (χ1) is 7.33. The highest BCUT2D eigenvalue weighted by Crippen LogP contribution is 2.19. The monoisotopic (exact) mass is 198 g/mol. The highest BCUT2D eigenvalue weighted by molar-refractivity contribution is 5.60. The zero-order chi connectivity index (χ0) is 10.7. The number of benzene rings is 1. The lowest BCUT2D eigenvalue weighted by atomic mass is 10.1. The Kier molecular flexibility index (Phi) is 2.82. The van der Waals surface area contributed by atoms with Crippen LogP contribution >= 0.6 is 0 Å². The van der Waals surface area contributed by atoms with E-state index >= 15 is 0 Å². The molecule has 1 nitrogen and oxygen atoms in total. The normalized spacial score (nSPS) is 10.3. The first-order valence-electron chi connectivity index (χ1n) is 5.37. The molecule has 2 rings (SSSR count). The summed E-state index contributed by atoms with van der Waals surface area (Å²) in [5.41, 5.74) is 3.93. The molecule has 0 aliphatic carbocycles. The average molecular weight is 198 g/mol. The van der Waals surface area contributed by atoms with Crippen molar-refractivity contribution >= 4 is 0 Å². The van der Waals surface area contributed by atoms with Crippen LogP contribution in [0.1, 0.15) is 12.5 Å². The summed E-state index contributed by atoms with van der Waals surface area (Å²) >= 11 is 0. The molecule has 15 heavy (non-hydrogen) atoms. The van der Waals surface area contributed by atoms with E-state index in [1.807, 2.05) is 0 Å². The first-order valence-corrected chi connectivity index (χ1v) is 5.37. The third-order valence-corrected chi connectivity index (χ3v) is 2.70. The second kappa shape index (κ2) is 4.26. The minimum Gasteiger partial charge on any atom is -0.199 e. The average Bonchev–Trinajstić information content (AvgIpc) is 2.30. The zero-order valence-corrected chi connectivity index (χ0v) is 9.27. The molecule has 0 atom stereocenters. The molecular weight excluding hydrogens is 182 g/mol. The molecule has 76 valence electrons. The van der Waals surface area contributed by atoms with Gasteiger partial charge in [-0.15, -0.1) is 0 Å². The van der Waals surface area contributed by atoms with Crippen LogP contribution < -0.4 is 4.57 Å². The maximum atomic E-state index is 2.27. The van der Waals surface area contributed by atoms with E-state index in [1.165, 1.54) is 16.8 Å². The van der Waals surface area contributed by atoms with Crippen molar-refractivity contribution in [2.45, 2.75) is 20.4 Å². The van der Waals surface area contributed by atoms with Crippen LogP contribution in [-0.4, -0.2) is 0 Å². The van der Waals surface area contributed by atoms with Gasteiger partial charge in [0.25, 0.3) is 0 Å². The number of nitrogens with zero attached hydrogens (tertiary/aromatic N) is 1. The van der Waals surface area contributed by atoms with Crippen LogP contribution in [0, 0.1) is 6.92 Å². The van der Waals surface area contributed by atoms with Gasteiger partial charge in [-0.25, -0.2) is 0 Å². The Morgan fingerprint density at radius 1 is 1.00 bits per heavy atom. The Morgan fingerprint density at radius 2 is 1.73 bits per heavy atom. The quantitative estimate of drug-likeness (QED) is 0.653. The van der Waals surface area contributed by atoms with Gasteiger partial charge in [-0.3, -0.25) is 0 Å². The number of aromatic nitrogens is 1. The number of hydrogen-bond donors (Lipinski definition) is 0. The van der Waals surface area contributed by atoms with Crippen molar-refractivity contribution in [2.75, 3.05) is 0 Å². The molecule has 0 amide bonds. The molecule has 0 saturated heterocycles. The van der Waals surface area contributed by atoms with Gasteiger partial charge in [0, 0.05) is 17.7 Å². The van der Waals surface area contributed by atoms with Gasteiger partial charge in [-0.1, -0.05) is 18.2 Å². The molecule has 1 heteroatoms. The summed E-state index contributed by atoms with van der Waals surface area (Å²) < 4.78 is 2.27. The molecule has 0 radical (unpaired) electrons. The Bertz CT molecular complexity index is 460. The van der Waals surface area contributed by atoms with E-state index in [2.05, 4.69) is 67.1 Å². The van der Waals surface area contributed by atoms with E-state index in [4.69, 9.17) is 0 Å². The van der Waals surface area contributed by atoms with Gasteiger partial charge >= 0.3 is 0 Å². The van der Waals surface area contributed by atoms with Crippen molar-refractivity contribution in [3.8, 4) is 11.3 Å². The summed E-state index contributed by atoms with van der Waals surface area (Å²) in [6.45, 7) is 5.33. The van der Waals surface area contributed by atoms with Crippen LogP contribution in [0.4, 0.5) is 0 Å². The summed E-state index contributed by atoms with van der Waals surface area (Å²) in [6.07, 6.45) is 2.13. The maximum absolute atomic E-state index is 2.27. The number of aryl methyl sites for hydroxylation is 2. The maximum Gasteiger partial charge on any atom is 0.212 e. The van der Waals surface area contributed by atoms with Crippen LogP contribution in [0.15, 0.2) is 48.7 Å². The third-order valence-electron chi connectivity index (χ3n) is 2.70. The largest absolute Gasteiger partial charge is 0.212 e. The predicted octanol–water partition coefficient (Wildman–Crippen LogP) is 2.97. The van der Waals surface area contributed by atoms with Crippen molar-refractivity contribution < 1.29 is 4.57 Å². The molecule has 1 aromatic heterocycles. The Morgan fingerprint density at radius 3 is 2.47 bits per heavy atom. The molecule has 0 spiro atoms. The van der Waals surface area contributed by atoms with Gasteiger partial charge in [-0.05, 0) is 31.5 Å². The molecule has 1 heterocycles. The van der Waals surface area contributed by atoms with E-state index in [9.17, 15) is 0 Å². The highest BCUT2D eigenvalue weighted by Gasteiger charge is 2.11. The van der Waals surface area contributed by atoms with Crippen molar-refractivity contribution in [2.24, 2.45) is 0 Å². The summed E-state index contributed by atoms with van der Waals surface area (Å²) in [6, 6.07) is 14.8. The van der Waals surface area contributed by atoms with Gasteiger partial charge in [0.05, 0.1) is 0 Å². The van der Waals surface area contributed by atoms with E-state index < -0.39 is 0 Å². The fourth-order valence-electron chi connectivity index (χ4n) is 1.86. The van der Waals surface area contributed by atoms with Crippen LogP contribution in [0.5, 0.6) is 0 Å². The minimum atomic E-state index is 1.00. The van der Waals surface area contributed by atoms with Crippen LogP contribution in [0.2, 0.25) is 0 Å². The first kappa shape index (κ1) is 9.91. The molecule has 1 aromatic carbocycles. The second-order valence-electron chi connectivity index (χ2n) is 3.69. The van der Waals surface area contributed by atoms with Gasteiger partial charge in [0.15, 0.2) is 6.20 Å². The third kappa shape index (κ3) is 1.91. The number of pyridine rings is 1. The SMILES string of the molecule is CC[n+]1ccccc1-c1ccccc1C. The lowest BCUT2D eigenvalue weighted by molar-refractivity contribution is -0.682. The minimum absolute atomic E-state index is 1.00. The standard InChI is InChI=1S/C14H16N/c1-3-15-11-7-6-10-14(15)13-9-5-4-8-12(13)2/h4-11H,3H2,1-2H3/q+1. The summed E-state index contributed by atoms with van der Waals surface area (Å²) in [4.78, 5) is 0. The smallest absolute Gasteiger partial charge is 0.199 e. The van der Waals surface area contributed by atoms with Gasteiger partial charge in [0.2, 0.25) is 5.69 Å². The van der Waals surface area contributed by atoms with Gasteiger partial charge < -0.3 is 0 Å². The summed E-state index contributed by atoms with van der Waals surface area (Å²) in [5, 5.41) is 0. The second-order valence-corrected chi connectivity index (χ2v) is 3.69. The van der Waals surface area contributed by atoms with Gasteiger partial charge in [-0.2, -0.15) is 4.57 Å². The molecule has 0 aliphatic rings. The molecule has 0 N–H and O–H groups in total. The Labute approximate surface area is 91.0 Å². The molecule has 0 aliphatic heterocycles. The Hall–Kier alpha value is -1.63. The van der Waals surface area contributed by atoms with Crippen molar-refractivity contribution in [1.29, 1.82) is 0 Å². The predicted molar refractivity (Wildman–Crippen MR) is 62.5 cm³/mol. The number of hydrogen-bond acceptors (Lipinski definition) is 0.